The van der Waals surface area contributed by atoms with Gasteiger partial charge in [-0.05, 0) is 20.8 Å². The summed E-state index contributed by atoms with van der Waals surface area (Å²) in [6.07, 6.45) is -0.975. The van der Waals surface area contributed by atoms with E-state index in [-0.39, 0.29) is 0 Å². The Kier molecular flexibility index (Phi) is 1.29. The van der Waals surface area contributed by atoms with Crippen LogP contribution in [0, 0.1) is 0 Å². The topological polar surface area (TPSA) is 26.3 Å². The summed E-state index contributed by atoms with van der Waals surface area (Å²) in [4.78, 5) is 9.90. The molecule has 0 N–H and O–H groups in total. The van der Waals surface area contributed by atoms with Crippen molar-refractivity contribution in [1.82, 2.24) is 0 Å². The van der Waals surface area contributed by atoms with Crippen LogP contribution in [-0.4, -0.2) is 12.0 Å². The lowest BCUT2D eigenvalue weighted by molar-refractivity contribution is -0.138. The van der Waals surface area contributed by atoms with Gasteiger partial charge >= 0.3 is 0 Å². The molecule has 0 aromatic carbocycles. The Balaban J connectivity index is 3.55. The fourth-order valence-electron chi connectivity index (χ4n) is 0.125. The minimum Gasteiger partial charge on any atom is -0.462 e. The molecule has 0 spiro atoms. The van der Waals surface area contributed by atoms with Gasteiger partial charge in [-0.3, -0.25) is 4.79 Å². The first kappa shape index (κ1) is 4.62. The second-order valence-electron chi connectivity index (χ2n) is 2.30. The molecular formula is C5H10O2. The molecule has 0 bridgehead atoms. The largest absolute Gasteiger partial charge is 0.462 e. The van der Waals surface area contributed by atoms with Gasteiger partial charge in [-0.15, -0.1) is 0 Å². The molecular weight excluding hydrogens is 92.1 g/mol. The first-order chi connectivity index (χ1) is 3.42. The molecule has 0 radical (unpaired) electrons. The van der Waals surface area contributed by atoms with E-state index in [1.165, 1.54) is 0 Å². The summed E-state index contributed by atoms with van der Waals surface area (Å²) in [5.41, 5.74) is -0.515. The van der Waals surface area contributed by atoms with Gasteiger partial charge in [0.25, 0.3) is 6.45 Å². The predicted octanol–water partition coefficient (Wildman–Crippen LogP) is 0.958. The molecule has 0 unspecified atom stereocenters. The van der Waals surface area contributed by atoms with Crippen molar-refractivity contribution in [3.8, 4) is 0 Å². The number of hydrogen-bond donors (Lipinski definition) is 0. The van der Waals surface area contributed by atoms with Crippen LogP contribution in [0.3, 0.4) is 0 Å². The SMILES string of the molecule is [2H]C(=O)OC(C)(C)C. The Labute approximate surface area is 44.9 Å². The molecule has 0 rings (SSSR count). The van der Waals surface area contributed by atoms with Gasteiger partial charge in [0.2, 0.25) is 0 Å². The molecule has 0 aliphatic heterocycles. The highest BCUT2D eigenvalue weighted by atomic mass is 16.5. The number of carbonyl (C=O) groups excluding carboxylic acids is 1. The first-order valence-corrected chi connectivity index (χ1v) is 2.11. The van der Waals surface area contributed by atoms with E-state index in [9.17, 15) is 4.79 Å². The molecule has 0 aromatic rings. The standard InChI is InChI=1S/C5H10O2/c1-5(2,3)7-4-6/h4H,1-3H3/i4D. The molecule has 0 heterocycles. The lowest BCUT2D eigenvalue weighted by atomic mass is 10.2. The van der Waals surface area contributed by atoms with Crippen LogP contribution >= 0.6 is 0 Å². The van der Waals surface area contributed by atoms with E-state index in [2.05, 4.69) is 4.74 Å². The fraction of sp³-hybridized carbons (Fsp3) is 0.800. The summed E-state index contributed by atoms with van der Waals surface area (Å²) in [5, 5.41) is 0. The summed E-state index contributed by atoms with van der Waals surface area (Å²) < 4.78 is 10.8. The third kappa shape index (κ3) is 5.47. The lowest BCUT2D eigenvalue weighted by Gasteiger charge is -2.14. The summed E-state index contributed by atoms with van der Waals surface area (Å²) in [7, 11) is 0. The van der Waals surface area contributed by atoms with Crippen molar-refractivity contribution in [2.24, 2.45) is 0 Å². The number of rotatable bonds is 0. The van der Waals surface area contributed by atoms with Crippen LogP contribution in [0.15, 0.2) is 0 Å². The van der Waals surface area contributed by atoms with Crippen LogP contribution in [0.25, 0.3) is 0 Å². The Morgan fingerprint density at radius 2 is 2.14 bits per heavy atom. The van der Waals surface area contributed by atoms with Gasteiger partial charge in [0.15, 0.2) is 1.37 Å². The third-order valence-electron chi connectivity index (χ3n) is 0.348. The third-order valence-corrected chi connectivity index (χ3v) is 0.348. The van der Waals surface area contributed by atoms with Gasteiger partial charge in [0.1, 0.15) is 5.60 Å². The Morgan fingerprint density at radius 3 is 2.14 bits per heavy atom. The quantitative estimate of drug-likeness (QED) is 0.427. The van der Waals surface area contributed by atoms with Crippen LogP contribution < -0.4 is 0 Å². The summed E-state index contributed by atoms with van der Waals surface area (Å²) in [6.45, 7) is 5.16. The maximum Gasteiger partial charge on any atom is 0.293 e. The van der Waals surface area contributed by atoms with Crippen molar-refractivity contribution in [3.63, 3.8) is 0 Å². The smallest absolute Gasteiger partial charge is 0.293 e. The van der Waals surface area contributed by atoms with E-state index in [0.717, 1.165) is 0 Å². The lowest BCUT2D eigenvalue weighted by Crippen LogP contribution is -2.17. The number of ether oxygens (including phenoxy) is 1. The molecule has 0 aliphatic rings. The van der Waals surface area contributed by atoms with E-state index < -0.39 is 12.0 Å². The summed E-state index contributed by atoms with van der Waals surface area (Å²) >= 11 is 0. The molecule has 0 atom stereocenters. The molecule has 0 saturated heterocycles. The van der Waals surface area contributed by atoms with Gasteiger partial charge in [0.05, 0.1) is 0 Å². The van der Waals surface area contributed by atoms with Crippen LogP contribution in [-0.2, 0) is 9.53 Å². The van der Waals surface area contributed by atoms with E-state index >= 15 is 0 Å². The maximum absolute atomic E-state index is 9.90. The average Bonchev–Trinajstić information content (AvgIpc) is 1.21. The zero-order valence-corrected chi connectivity index (χ0v) is 4.82. The number of carbonyl (C=O) groups is 1. The highest BCUT2D eigenvalue weighted by Crippen LogP contribution is 2.02. The second kappa shape index (κ2) is 1.96. The molecule has 0 amide bonds. The zero-order valence-electron chi connectivity index (χ0n) is 5.82. The normalized spacial score (nSPS) is 12.7. The van der Waals surface area contributed by atoms with Gasteiger partial charge < -0.3 is 4.74 Å². The van der Waals surface area contributed by atoms with Crippen LogP contribution in [0.2, 0.25) is 0 Å². The highest BCUT2D eigenvalue weighted by molar-refractivity contribution is 5.37. The Hall–Kier alpha value is -0.530. The molecule has 0 aromatic heterocycles. The van der Waals surface area contributed by atoms with Crippen LogP contribution in [0.1, 0.15) is 22.1 Å². The van der Waals surface area contributed by atoms with Crippen molar-refractivity contribution >= 4 is 6.45 Å². The summed E-state index contributed by atoms with van der Waals surface area (Å²) in [5.74, 6) is 0. The van der Waals surface area contributed by atoms with Gasteiger partial charge in [0, 0.05) is 0 Å². The first-order valence-electron chi connectivity index (χ1n) is 2.61. The monoisotopic (exact) mass is 103 g/mol. The predicted molar refractivity (Wildman–Crippen MR) is 26.9 cm³/mol. The zero-order chi connectivity index (χ0) is 6.78. The van der Waals surface area contributed by atoms with Crippen molar-refractivity contribution in [3.05, 3.63) is 0 Å². The van der Waals surface area contributed by atoms with Crippen molar-refractivity contribution in [2.75, 3.05) is 0 Å². The Bertz CT molecular complexity index is 93.1. The van der Waals surface area contributed by atoms with E-state index in [1.807, 2.05) is 0 Å². The van der Waals surface area contributed by atoms with Crippen LogP contribution in [0.4, 0.5) is 0 Å². The van der Waals surface area contributed by atoms with Gasteiger partial charge in [-0.1, -0.05) is 0 Å². The van der Waals surface area contributed by atoms with Crippen molar-refractivity contribution in [1.29, 1.82) is 0 Å². The molecule has 0 fully saturated rings. The average molecular weight is 103 g/mol. The number of hydrogen-bond acceptors (Lipinski definition) is 2. The van der Waals surface area contributed by atoms with E-state index in [1.54, 1.807) is 20.8 Å². The van der Waals surface area contributed by atoms with Crippen molar-refractivity contribution in [2.45, 2.75) is 26.4 Å². The van der Waals surface area contributed by atoms with E-state index in [4.69, 9.17) is 1.37 Å². The molecule has 0 aliphatic carbocycles. The molecule has 2 heteroatoms. The molecule has 0 saturated carbocycles. The molecule has 42 valence electrons. The van der Waals surface area contributed by atoms with Crippen molar-refractivity contribution < 1.29 is 10.9 Å². The van der Waals surface area contributed by atoms with Gasteiger partial charge in [-0.25, -0.2) is 0 Å². The second-order valence-corrected chi connectivity index (χ2v) is 2.30. The van der Waals surface area contributed by atoms with Crippen LogP contribution in [0.5, 0.6) is 0 Å². The molecule has 7 heavy (non-hydrogen) atoms. The summed E-state index contributed by atoms with van der Waals surface area (Å²) in [6, 6.07) is 0. The molecule has 2 nitrogen and oxygen atoms in total. The maximum atomic E-state index is 9.90. The van der Waals surface area contributed by atoms with Gasteiger partial charge in [-0.2, -0.15) is 0 Å². The highest BCUT2D eigenvalue weighted by Gasteiger charge is 2.07. The Morgan fingerprint density at radius 1 is 1.71 bits per heavy atom. The van der Waals surface area contributed by atoms with E-state index in [0.29, 0.717) is 0 Å². The minimum atomic E-state index is -0.975. The fourth-order valence-corrected chi connectivity index (χ4v) is 0.125. The minimum absolute atomic E-state index is 0.515.